The van der Waals surface area contributed by atoms with Crippen LogP contribution in [0.3, 0.4) is 0 Å². The molecule has 2 aromatic rings. The van der Waals surface area contributed by atoms with E-state index in [9.17, 15) is 4.79 Å². The highest BCUT2D eigenvalue weighted by molar-refractivity contribution is 5.83. The van der Waals surface area contributed by atoms with E-state index in [-0.39, 0.29) is 11.9 Å². The number of nitrogens with zero attached hydrogens (tertiary/aromatic N) is 5. The Labute approximate surface area is 110 Å². The molecule has 1 aromatic carbocycles. The topological polar surface area (TPSA) is 89.9 Å². The van der Waals surface area contributed by atoms with Gasteiger partial charge in [-0.05, 0) is 35.4 Å². The maximum absolute atomic E-state index is 11.5. The molecule has 3 rings (SSSR count). The number of amides is 1. The maximum Gasteiger partial charge on any atom is 0.251 e. The molecule has 0 aliphatic carbocycles. The van der Waals surface area contributed by atoms with Crippen LogP contribution in [0, 0.1) is 0 Å². The first-order chi connectivity index (χ1) is 9.27. The molecule has 1 aliphatic heterocycles. The Bertz CT molecular complexity index is 581. The van der Waals surface area contributed by atoms with Gasteiger partial charge in [-0.2, -0.15) is 4.68 Å². The summed E-state index contributed by atoms with van der Waals surface area (Å²) in [6.07, 6.45) is 1.66. The van der Waals surface area contributed by atoms with Crippen molar-refractivity contribution in [1.29, 1.82) is 0 Å². The molecular weight excluding hydrogens is 244 g/mol. The standard InChI is InChI=1S/C12H14N6O/c13-11(19)10-7-4-8-17(10)12-14-15-16-18(12)9-5-2-1-3-6-9/h1-3,5-6,10H,4,7-8H2,(H2,13,19)/t10-/m0/s1. The Hall–Kier alpha value is -2.44. The molecule has 0 saturated carbocycles. The largest absolute Gasteiger partial charge is 0.368 e. The molecule has 1 aromatic heterocycles. The van der Waals surface area contributed by atoms with E-state index in [4.69, 9.17) is 5.73 Å². The van der Waals surface area contributed by atoms with E-state index in [1.165, 1.54) is 0 Å². The molecule has 19 heavy (non-hydrogen) atoms. The molecule has 0 radical (unpaired) electrons. The number of para-hydroxylation sites is 1. The van der Waals surface area contributed by atoms with Crippen molar-refractivity contribution in [3.05, 3.63) is 30.3 Å². The predicted molar refractivity (Wildman–Crippen MR) is 68.7 cm³/mol. The van der Waals surface area contributed by atoms with Crippen LogP contribution in [0.5, 0.6) is 0 Å². The lowest BCUT2D eigenvalue weighted by Crippen LogP contribution is -2.41. The van der Waals surface area contributed by atoms with Crippen LogP contribution in [0.1, 0.15) is 12.8 Å². The quantitative estimate of drug-likeness (QED) is 0.844. The van der Waals surface area contributed by atoms with Crippen molar-refractivity contribution < 1.29 is 4.79 Å². The first-order valence-electron chi connectivity index (χ1n) is 6.17. The van der Waals surface area contributed by atoms with Crippen LogP contribution in [0.15, 0.2) is 30.3 Å². The molecule has 0 spiro atoms. The average Bonchev–Trinajstić information content (AvgIpc) is 3.08. The van der Waals surface area contributed by atoms with Crippen LogP contribution in [0.4, 0.5) is 5.95 Å². The molecule has 2 N–H and O–H groups in total. The SMILES string of the molecule is NC(=O)[C@@H]1CCCN1c1nnnn1-c1ccccc1. The zero-order valence-electron chi connectivity index (χ0n) is 10.3. The first kappa shape index (κ1) is 11.6. The van der Waals surface area contributed by atoms with Gasteiger partial charge in [0.25, 0.3) is 5.95 Å². The van der Waals surface area contributed by atoms with Crippen LogP contribution in [0.2, 0.25) is 0 Å². The lowest BCUT2D eigenvalue weighted by atomic mass is 10.2. The van der Waals surface area contributed by atoms with Gasteiger partial charge >= 0.3 is 0 Å². The molecule has 1 saturated heterocycles. The van der Waals surface area contributed by atoms with Crippen molar-refractivity contribution in [2.45, 2.75) is 18.9 Å². The summed E-state index contributed by atoms with van der Waals surface area (Å²) in [4.78, 5) is 13.3. The highest BCUT2D eigenvalue weighted by Gasteiger charge is 2.32. The summed E-state index contributed by atoms with van der Waals surface area (Å²) >= 11 is 0. The lowest BCUT2D eigenvalue weighted by molar-refractivity contribution is -0.119. The number of nitrogens with two attached hydrogens (primary N) is 1. The second kappa shape index (κ2) is 4.68. The summed E-state index contributed by atoms with van der Waals surface area (Å²) in [6, 6.07) is 9.25. The summed E-state index contributed by atoms with van der Waals surface area (Å²) in [5, 5.41) is 11.7. The summed E-state index contributed by atoms with van der Waals surface area (Å²) in [5.41, 5.74) is 6.28. The molecule has 7 heteroatoms. The number of rotatable bonds is 3. The molecule has 0 bridgehead atoms. The second-order valence-corrected chi connectivity index (χ2v) is 4.48. The van der Waals surface area contributed by atoms with Crippen LogP contribution in [-0.4, -0.2) is 38.7 Å². The van der Waals surface area contributed by atoms with E-state index in [1.54, 1.807) is 4.68 Å². The van der Waals surface area contributed by atoms with Crippen LogP contribution in [0.25, 0.3) is 5.69 Å². The Balaban J connectivity index is 1.99. The Kier molecular flexibility index (Phi) is 2.86. The molecule has 1 fully saturated rings. The van der Waals surface area contributed by atoms with Crippen LogP contribution >= 0.6 is 0 Å². The number of carbonyl (C=O) groups is 1. The van der Waals surface area contributed by atoms with Gasteiger partial charge in [0.15, 0.2) is 0 Å². The predicted octanol–water partition coefficient (Wildman–Crippen LogP) is 0.116. The van der Waals surface area contributed by atoms with E-state index >= 15 is 0 Å². The maximum atomic E-state index is 11.5. The fourth-order valence-corrected chi connectivity index (χ4v) is 2.40. The van der Waals surface area contributed by atoms with E-state index in [0.29, 0.717) is 5.95 Å². The van der Waals surface area contributed by atoms with Gasteiger partial charge in [0.05, 0.1) is 5.69 Å². The number of benzene rings is 1. The number of primary amides is 1. The smallest absolute Gasteiger partial charge is 0.251 e. The number of tetrazole rings is 1. The highest BCUT2D eigenvalue weighted by Crippen LogP contribution is 2.24. The third kappa shape index (κ3) is 2.03. The molecule has 1 atom stereocenters. The fourth-order valence-electron chi connectivity index (χ4n) is 2.40. The van der Waals surface area contributed by atoms with Crippen molar-refractivity contribution in [1.82, 2.24) is 20.2 Å². The van der Waals surface area contributed by atoms with Crippen LogP contribution in [-0.2, 0) is 4.79 Å². The minimum absolute atomic E-state index is 0.325. The summed E-state index contributed by atoms with van der Waals surface area (Å²) in [6.45, 7) is 0.737. The monoisotopic (exact) mass is 258 g/mol. The summed E-state index contributed by atoms with van der Waals surface area (Å²) in [7, 11) is 0. The van der Waals surface area contributed by atoms with Gasteiger partial charge in [0.1, 0.15) is 6.04 Å². The molecule has 1 aliphatic rings. The van der Waals surface area contributed by atoms with Gasteiger partial charge < -0.3 is 10.6 Å². The fraction of sp³-hybridized carbons (Fsp3) is 0.333. The van der Waals surface area contributed by atoms with Crippen molar-refractivity contribution in [3.63, 3.8) is 0 Å². The number of carbonyl (C=O) groups excluding carboxylic acids is 1. The van der Waals surface area contributed by atoms with Crippen molar-refractivity contribution in [3.8, 4) is 5.69 Å². The molecular formula is C12H14N6O. The molecule has 98 valence electrons. The number of aromatic nitrogens is 4. The van der Waals surface area contributed by atoms with E-state index in [0.717, 1.165) is 25.1 Å². The highest BCUT2D eigenvalue weighted by atomic mass is 16.1. The van der Waals surface area contributed by atoms with Crippen molar-refractivity contribution in [2.24, 2.45) is 5.73 Å². The number of hydrogen-bond donors (Lipinski definition) is 1. The Morgan fingerprint density at radius 3 is 2.84 bits per heavy atom. The van der Waals surface area contributed by atoms with E-state index in [1.807, 2.05) is 35.2 Å². The zero-order valence-corrected chi connectivity index (χ0v) is 10.3. The zero-order chi connectivity index (χ0) is 13.2. The lowest BCUT2D eigenvalue weighted by Gasteiger charge is -2.22. The normalized spacial score (nSPS) is 18.7. The van der Waals surface area contributed by atoms with Gasteiger partial charge in [-0.1, -0.05) is 23.3 Å². The molecule has 7 nitrogen and oxygen atoms in total. The van der Waals surface area contributed by atoms with Gasteiger partial charge in [0.2, 0.25) is 5.91 Å². The minimum Gasteiger partial charge on any atom is -0.368 e. The van der Waals surface area contributed by atoms with E-state index in [2.05, 4.69) is 15.5 Å². The Morgan fingerprint density at radius 1 is 1.32 bits per heavy atom. The average molecular weight is 258 g/mol. The number of hydrogen-bond acceptors (Lipinski definition) is 5. The van der Waals surface area contributed by atoms with Crippen LogP contribution < -0.4 is 10.6 Å². The molecule has 0 unspecified atom stereocenters. The third-order valence-electron chi connectivity index (χ3n) is 3.29. The van der Waals surface area contributed by atoms with E-state index < -0.39 is 0 Å². The van der Waals surface area contributed by atoms with Gasteiger partial charge in [-0.3, -0.25) is 4.79 Å². The minimum atomic E-state index is -0.333. The van der Waals surface area contributed by atoms with Gasteiger partial charge in [-0.25, -0.2) is 0 Å². The van der Waals surface area contributed by atoms with Gasteiger partial charge in [-0.15, -0.1) is 0 Å². The summed E-state index contributed by atoms with van der Waals surface area (Å²) < 4.78 is 1.63. The molecule has 1 amide bonds. The third-order valence-corrected chi connectivity index (χ3v) is 3.29. The van der Waals surface area contributed by atoms with Crippen molar-refractivity contribution in [2.75, 3.05) is 11.4 Å². The molecule has 2 heterocycles. The number of anilines is 1. The second-order valence-electron chi connectivity index (χ2n) is 4.48. The van der Waals surface area contributed by atoms with Crippen molar-refractivity contribution >= 4 is 11.9 Å². The summed E-state index contributed by atoms with van der Waals surface area (Å²) in [5.74, 6) is 0.229. The van der Waals surface area contributed by atoms with Gasteiger partial charge in [0, 0.05) is 6.54 Å². The Morgan fingerprint density at radius 2 is 2.11 bits per heavy atom. The first-order valence-corrected chi connectivity index (χ1v) is 6.17.